The molecule has 6 aromatic carbocycles. The van der Waals surface area contributed by atoms with Crippen LogP contribution in [0.1, 0.15) is 27.7 Å². The molecule has 0 fully saturated rings. The van der Waals surface area contributed by atoms with Crippen molar-refractivity contribution in [2.75, 3.05) is 0 Å². The standard InChI is InChI=1S/C32H20FN2O.C18H24NSi.Ir/c33-23-18-16-22(17-19-23)24-10-6-11-25-26-12-7-13-27(31(26)36-30(24)25)32-34-28-14-4-5-15-29(28)35(32)20-21-8-2-1-3-9-21;1-14(2)11-16-12-17(15-9-7-6-8-10-15)19-13-18(16)20(3,4)5;/h1-12,14-19H,20H2;6-9,12-14H,11H2,1-5H3;/q2*-1;/i;11D2;. The summed E-state index contributed by atoms with van der Waals surface area (Å²) in [6.45, 7) is 11.3. The predicted molar refractivity (Wildman–Crippen MR) is 232 cm³/mol. The topological polar surface area (TPSA) is 43.9 Å². The van der Waals surface area contributed by atoms with Crippen molar-refractivity contribution in [3.8, 4) is 33.8 Å². The number of imidazole rings is 1. The third kappa shape index (κ3) is 8.47. The first-order valence-electron chi connectivity index (χ1n) is 20.0. The second-order valence-electron chi connectivity index (χ2n) is 15.3. The Balaban J connectivity index is 0.000000199. The summed E-state index contributed by atoms with van der Waals surface area (Å²) in [4.78, 5) is 9.61. The average Bonchev–Trinajstić information content (AvgIpc) is 3.80. The van der Waals surface area contributed by atoms with E-state index in [1.54, 1.807) is 12.1 Å². The molecule has 0 atom stereocenters. The zero-order valence-corrected chi connectivity index (χ0v) is 36.0. The van der Waals surface area contributed by atoms with Gasteiger partial charge >= 0.3 is 0 Å². The minimum atomic E-state index is -1.67. The second-order valence-corrected chi connectivity index (χ2v) is 20.4. The molecule has 9 aromatic rings. The van der Waals surface area contributed by atoms with E-state index in [4.69, 9.17) is 12.1 Å². The maximum Gasteiger partial charge on any atom is 0.128 e. The Hall–Kier alpha value is -5.46. The number of hydrogen-bond acceptors (Lipinski definition) is 3. The van der Waals surface area contributed by atoms with Gasteiger partial charge in [0, 0.05) is 46.5 Å². The van der Waals surface area contributed by atoms with Gasteiger partial charge in [-0.2, -0.15) is 0 Å². The number of benzene rings is 6. The minimum absolute atomic E-state index is 0. The van der Waals surface area contributed by atoms with Crippen LogP contribution in [-0.4, -0.2) is 22.6 Å². The molecule has 7 heteroatoms. The van der Waals surface area contributed by atoms with Crippen LogP contribution in [-0.2, 0) is 33.0 Å². The van der Waals surface area contributed by atoms with Crippen LogP contribution < -0.4 is 5.19 Å². The first-order valence-corrected chi connectivity index (χ1v) is 22.5. The van der Waals surface area contributed by atoms with Gasteiger partial charge < -0.3 is 14.0 Å². The Bertz CT molecular complexity index is 2870. The third-order valence-electron chi connectivity index (χ3n) is 9.82. The van der Waals surface area contributed by atoms with Gasteiger partial charge in [0.15, 0.2) is 0 Å². The summed E-state index contributed by atoms with van der Waals surface area (Å²) in [5.74, 6) is 0.468. The molecular formula is C50H44FIrN3OSi-2. The van der Waals surface area contributed by atoms with Crippen molar-refractivity contribution in [1.82, 2.24) is 14.5 Å². The molecule has 0 aliphatic rings. The fourth-order valence-corrected chi connectivity index (χ4v) is 8.57. The number of aromatic nitrogens is 3. The number of rotatable bonds is 8. The van der Waals surface area contributed by atoms with Gasteiger partial charge in [-0.1, -0.05) is 129 Å². The molecule has 0 aliphatic heterocycles. The smallest absolute Gasteiger partial charge is 0.128 e. The van der Waals surface area contributed by atoms with Crippen LogP contribution in [0.2, 0.25) is 19.6 Å². The van der Waals surface area contributed by atoms with Crippen LogP contribution in [0.15, 0.2) is 150 Å². The largest absolute Gasteiger partial charge is 0.500 e. The van der Waals surface area contributed by atoms with E-state index in [-0.39, 0.29) is 31.8 Å². The third-order valence-corrected chi connectivity index (χ3v) is 11.8. The molecule has 287 valence electrons. The van der Waals surface area contributed by atoms with Gasteiger partial charge in [-0.05, 0) is 58.6 Å². The van der Waals surface area contributed by atoms with Crippen molar-refractivity contribution in [1.29, 1.82) is 0 Å². The van der Waals surface area contributed by atoms with E-state index >= 15 is 0 Å². The number of furan rings is 1. The molecule has 4 nitrogen and oxygen atoms in total. The SMILES string of the molecule is Fc1ccc(-c2cccc3c2oc2c(-c4nc5ccccc5n4Cc4ccccc4)[c-]ccc23)cc1.[2H]C([2H])(c1cc(-c2[c-]cccc2)ncc1[Si](C)(C)C)C(C)C.[Ir]. The predicted octanol–water partition coefficient (Wildman–Crippen LogP) is 12.5. The van der Waals surface area contributed by atoms with E-state index in [1.165, 1.54) is 17.7 Å². The number of para-hydroxylation sites is 3. The normalized spacial score (nSPS) is 12.3. The van der Waals surface area contributed by atoms with Crippen LogP contribution >= 0.6 is 0 Å². The molecule has 0 saturated heterocycles. The van der Waals surface area contributed by atoms with E-state index in [0.29, 0.717) is 6.54 Å². The van der Waals surface area contributed by atoms with Gasteiger partial charge in [0.05, 0.1) is 30.5 Å². The van der Waals surface area contributed by atoms with Gasteiger partial charge in [-0.3, -0.25) is 4.98 Å². The molecule has 0 amide bonds. The van der Waals surface area contributed by atoms with Gasteiger partial charge in [-0.15, -0.1) is 54.1 Å². The summed E-state index contributed by atoms with van der Waals surface area (Å²) in [6, 6.07) is 51.3. The van der Waals surface area contributed by atoms with Crippen molar-refractivity contribution in [2.24, 2.45) is 5.92 Å². The van der Waals surface area contributed by atoms with Crippen molar-refractivity contribution >= 4 is 46.2 Å². The summed E-state index contributed by atoms with van der Waals surface area (Å²) >= 11 is 0. The summed E-state index contributed by atoms with van der Waals surface area (Å²) in [6.07, 6.45) is 0.528. The number of nitrogens with zero attached hydrogens (tertiary/aromatic N) is 3. The van der Waals surface area contributed by atoms with E-state index < -0.39 is 14.4 Å². The fraction of sp³-hybridized carbons (Fsp3) is 0.160. The monoisotopic (exact) mass is 944 g/mol. The fourth-order valence-electron chi connectivity index (χ4n) is 7.16. The van der Waals surface area contributed by atoms with Crippen LogP contribution in [0.5, 0.6) is 0 Å². The first kappa shape index (κ1) is 37.1. The second kappa shape index (κ2) is 16.9. The Morgan fingerprint density at radius 2 is 1.53 bits per heavy atom. The summed E-state index contributed by atoms with van der Waals surface area (Å²) in [5.41, 5.74) is 9.84. The molecule has 3 heterocycles. The number of fused-ring (bicyclic) bond motifs is 4. The van der Waals surface area contributed by atoms with Gasteiger partial charge in [-0.25, -0.2) is 4.39 Å². The van der Waals surface area contributed by atoms with Crippen molar-refractivity contribution in [2.45, 2.75) is 46.4 Å². The van der Waals surface area contributed by atoms with E-state index in [9.17, 15) is 4.39 Å². The Morgan fingerprint density at radius 3 is 2.26 bits per heavy atom. The van der Waals surface area contributed by atoms with Crippen LogP contribution in [0, 0.1) is 23.9 Å². The molecular weight excluding hydrogens is 898 g/mol. The quantitative estimate of drug-likeness (QED) is 0.113. The zero-order chi connectivity index (χ0) is 40.6. The summed E-state index contributed by atoms with van der Waals surface area (Å²) in [5, 5.41) is 3.11. The number of pyridine rings is 1. The Labute approximate surface area is 351 Å². The maximum absolute atomic E-state index is 13.6. The summed E-state index contributed by atoms with van der Waals surface area (Å²) < 4.78 is 39.5. The molecule has 0 bridgehead atoms. The molecule has 0 unspecified atom stereocenters. The Morgan fingerprint density at radius 1 is 0.789 bits per heavy atom. The van der Waals surface area contributed by atoms with E-state index in [2.05, 4.69) is 77.7 Å². The van der Waals surface area contributed by atoms with Gasteiger partial charge in [0.1, 0.15) is 11.4 Å². The van der Waals surface area contributed by atoms with Crippen molar-refractivity contribution in [3.63, 3.8) is 0 Å². The molecule has 0 N–H and O–H groups in total. The molecule has 0 spiro atoms. The van der Waals surface area contributed by atoms with Crippen LogP contribution in [0.4, 0.5) is 4.39 Å². The molecule has 1 radical (unpaired) electrons. The summed E-state index contributed by atoms with van der Waals surface area (Å²) in [7, 11) is -1.67. The average molecular weight is 944 g/mol. The molecule has 0 saturated carbocycles. The van der Waals surface area contributed by atoms with E-state index in [0.717, 1.165) is 77.5 Å². The van der Waals surface area contributed by atoms with Gasteiger partial charge in [0.2, 0.25) is 0 Å². The van der Waals surface area contributed by atoms with Crippen molar-refractivity contribution < 1.29 is 31.7 Å². The molecule has 0 aliphatic carbocycles. The van der Waals surface area contributed by atoms with Crippen LogP contribution in [0.25, 0.3) is 66.7 Å². The molecule has 57 heavy (non-hydrogen) atoms. The minimum Gasteiger partial charge on any atom is -0.500 e. The molecule has 9 rings (SSSR count). The number of halogens is 1. The van der Waals surface area contributed by atoms with Gasteiger partial charge in [0.25, 0.3) is 0 Å². The molecule has 3 aromatic heterocycles. The van der Waals surface area contributed by atoms with Crippen molar-refractivity contribution in [3.05, 3.63) is 175 Å². The number of hydrogen-bond donors (Lipinski definition) is 0. The zero-order valence-electron chi connectivity index (χ0n) is 34.6. The first-order chi connectivity index (χ1) is 27.9. The maximum atomic E-state index is 13.6. The van der Waals surface area contributed by atoms with Crippen LogP contribution in [0.3, 0.4) is 0 Å². The Kier molecular flexibility index (Phi) is 11.0. The van der Waals surface area contributed by atoms with E-state index in [1.807, 2.05) is 98.9 Å².